The summed E-state index contributed by atoms with van der Waals surface area (Å²) in [6.07, 6.45) is 2.29. The number of rotatable bonds is 6. The SMILES string of the molecule is CCc1ccccc1NC(=O)c1ccnc(C(=O)NCc2ccccc2)c1. The highest BCUT2D eigenvalue weighted by Crippen LogP contribution is 2.16. The van der Waals surface area contributed by atoms with Crippen molar-refractivity contribution < 1.29 is 9.59 Å². The van der Waals surface area contributed by atoms with Crippen LogP contribution >= 0.6 is 0 Å². The predicted molar refractivity (Wildman–Crippen MR) is 106 cm³/mol. The Labute approximate surface area is 158 Å². The minimum absolute atomic E-state index is 0.211. The number of para-hydroxylation sites is 1. The highest BCUT2D eigenvalue weighted by atomic mass is 16.2. The van der Waals surface area contributed by atoms with Gasteiger partial charge in [-0.05, 0) is 35.7 Å². The Bertz CT molecular complexity index is 939. The smallest absolute Gasteiger partial charge is 0.270 e. The van der Waals surface area contributed by atoms with E-state index >= 15 is 0 Å². The molecule has 136 valence electrons. The lowest BCUT2D eigenvalue weighted by Gasteiger charge is -2.10. The maximum absolute atomic E-state index is 12.6. The van der Waals surface area contributed by atoms with Gasteiger partial charge in [-0.25, -0.2) is 0 Å². The summed E-state index contributed by atoms with van der Waals surface area (Å²) in [7, 11) is 0. The Kier molecular flexibility index (Phi) is 5.94. The molecule has 0 aliphatic heterocycles. The van der Waals surface area contributed by atoms with Crippen LogP contribution in [0.3, 0.4) is 0 Å². The zero-order valence-electron chi connectivity index (χ0n) is 15.1. The van der Waals surface area contributed by atoms with Crippen LogP contribution in [-0.2, 0) is 13.0 Å². The van der Waals surface area contributed by atoms with Gasteiger partial charge in [-0.1, -0.05) is 55.5 Å². The quantitative estimate of drug-likeness (QED) is 0.703. The highest BCUT2D eigenvalue weighted by Gasteiger charge is 2.13. The minimum atomic E-state index is -0.317. The summed E-state index contributed by atoms with van der Waals surface area (Å²) in [6, 6.07) is 20.4. The van der Waals surface area contributed by atoms with Gasteiger partial charge in [0.15, 0.2) is 0 Å². The zero-order chi connectivity index (χ0) is 19.1. The molecule has 5 nitrogen and oxygen atoms in total. The fourth-order valence-corrected chi connectivity index (χ4v) is 2.71. The molecule has 0 spiro atoms. The number of benzene rings is 2. The van der Waals surface area contributed by atoms with Crippen LogP contribution in [-0.4, -0.2) is 16.8 Å². The van der Waals surface area contributed by atoms with Crippen LogP contribution in [0, 0.1) is 0 Å². The molecule has 5 heteroatoms. The molecule has 3 rings (SSSR count). The summed E-state index contributed by atoms with van der Waals surface area (Å²) in [5, 5.41) is 5.72. The number of hydrogen-bond acceptors (Lipinski definition) is 3. The van der Waals surface area contributed by atoms with Gasteiger partial charge in [0, 0.05) is 24.0 Å². The van der Waals surface area contributed by atoms with Crippen molar-refractivity contribution in [2.45, 2.75) is 19.9 Å². The van der Waals surface area contributed by atoms with Gasteiger partial charge in [-0.15, -0.1) is 0 Å². The predicted octanol–water partition coefficient (Wildman–Crippen LogP) is 3.83. The Morgan fingerprint density at radius 1 is 0.926 bits per heavy atom. The van der Waals surface area contributed by atoms with Crippen molar-refractivity contribution in [3.8, 4) is 0 Å². The summed E-state index contributed by atoms with van der Waals surface area (Å²) in [4.78, 5) is 29.0. The number of nitrogens with zero attached hydrogens (tertiary/aromatic N) is 1. The van der Waals surface area contributed by atoms with E-state index in [2.05, 4.69) is 15.6 Å². The first-order valence-electron chi connectivity index (χ1n) is 8.85. The van der Waals surface area contributed by atoms with E-state index in [0.717, 1.165) is 23.2 Å². The first kappa shape index (κ1) is 18.3. The van der Waals surface area contributed by atoms with Crippen LogP contribution in [0.1, 0.15) is 38.9 Å². The van der Waals surface area contributed by atoms with Crippen molar-refractivity contribution in [2.24, 2.45) is 0 Å². The molecule has 0 saturated carbocycles. The monoisotopic (exact) mass is 359 g/mol. The number of nitrogens with one attached hydrogen (secondary N) is 2. The molecule has 0 saturated heterocycles. The average Bonchev–Trinajstić information content (AvgIpc) is 2.73. The lowest BCUT2D eigenvalue weighted by atomic mass is 10.1. The lowest BCUT2D eigenvalue weighted by Crippen LogP contribution is -2.24. The fraction of sp³-hybridized carbons (Fsp3) is 0.136. The molecule has 1 heterocycles. The van der Waals surface area contributed by atoms with Crippen molar-refractivity contribution in [3.63, 3.8) is 0 Å². The third-order valence-corrected chi connectivity index (χ3v) is 4.20. The molecule has 2 N–H and O–H groups in total. The summed E-state index contributed by atoms with van der Waals surface area (Å²) in [5.41, 5.74) is 3.43. The first-order chi connectivity index (χ1) is 13.2. The first-order valence-corrected chi connectivity index (χ1v) is 8.85. The molecule has 27 heavy (non-hydrogen) atoms. The Morgan fingerprint density at radius 3 is 2.44 bits per heavy atom. The number of anilines is 1. The number of aromatic nitrogens is 1. The number of carbonyl (C=O) groups is 2. The van der Waals surface area contributed by atoms with E-state index in [-0.39, 0.29) is 17.5 Å². The van der Waals surface area contributed by atoms with Crippen molar-refractivity contribution in [2.75, 3.05) is 5.32 Å². The second-order valence-corrected chi connectivity index (χ2v) is 6.06. The largest absolute Gasteiger partial charge is 0.347 e. The molecule has 3 aromatic rings. The summed E-state index contributed by atoms with van der Waals surface area (Å²) < 4.78 is 0. The number of pyridine rings is 1. The number of carbonyl (C=O) groups excluding carboxylic acids is 2. The van der Waals surface area contributed by atoms with Crippen molar-refractivity contribution in [1.82, 2.24) is 10.3 Å². The molecule has 0 unspecified atom stereocenters. The van der Waals surface area contributed by atoms with Crippen LogP contribution in [0.5, 0.6) is 0 Å². The Morgan fingerprint density at radius 2 is 1.67 bits per heavy atom. The molecular formula is C22H21N3O2. The van der Waals surface area contributed by atoms with E-state index in [4.69, 9.17) is 0 Å². The van der Waals surface area contributed by atoms with E-state index in [0.29, 0.717) is 12.1 Å². The topological polar surface area (TPSA) is 71.1 Å². The molecule has 0 fully saturated rings. The highest BCUT2D eigenvalue weighted by molar-refractivity contribution is 6.06. The Balaban J connectivity index is 1.69. The summed E-state index contributed by atoms with van der Waals surface area (Å²) >= 11 is 0. The van der Waals surface area contributed by atoms with E-state index in [1.165, 1.54) is 12.3 Å². The van der Waals surface area contributed by atoms with Crippen LogP contribution in [0.4, 0.5) is 5.69 Å². The summed E-state index contributed by atoms with van der Waals surface area (Å²) in [5.74, 6) is -0.585. The van der Waals surface area contributed by atoms with Crippen molar-refractivity contribution in [3.05, 3.63) is 95.3 Å². The zero-order valence-corrected chi connectivity index (χ0v) is 15.1. The van der Waals surface area contributed by atoms with E-state index in [1.807, 2.05) is 61.5 Å². The van der Waals surface area contributed by atoms with Gasteiger partial charge in [0.1, 0.15) is 5.69 Å². The molecule has 0 aliphatic rings. The third-order valence-electron chi connectivity index (χ3n) is 4.20. The fourth-order valence-electron chi connectivity index (χ4n) is 2.71. The molecule has 2 amide bonds. The summed E-state index contributed by atoms with van der Waals surface area (Å²) in [6.45, 7) is 2.44. The van der Waals surface area contributed by atoms with Crippen molar-refractivity contribution in [1.29, 1.82) is 0 Å². The van der Waals surface area contributed by atoms with E-state index in [9.17, 15) is 9.59 Å². The number of hydrogen-bond donors (Lipinski definition) is 2. The molecule has 1 aromatic heterocycles. The molecular weight excluding hydrogens is 338 g/mol. The van der Waals surface area contributed by atoms with Gasteiger partial charge in [0.25, 0.3) is 11.8 Å². The number of aryl methyl sites for hydroxylation is 1. The normalized spacial score (nSPS) is 10.3. The van der Waals surface area contributed by atoms with Gasteiger partial charge in [0.2, 0.25) is 0 Å². The van der Waals surface area contributed by atoms with Gasteiger partial charge >= 0.3 is 0 Å². The molecule has 0 bridgehead atoms. The third kappa shape index (κ3) is 4.79. The van der Waals surface area contributed by atoms with Crippen LogP contribution in [0.15, 0.2) is 72.9 Å². The van der Waals surface area contributed by atoms with E-state index in [1.54, 1.807) is 6.07 Å². The van der Waals surface area contributed by atoms with Crippen molar-refractivity contribution >= 4 is 17.5 Å². The molecule has 0 aliphatic carbocycles. The molecule has 2 aromatic carbocycles. The maximum atomic E-state index is 12.6. The van der Waals surface area contributed by atoms with Gasteiger partial charge < -0.3 is 10.6 Å². The molecule has 0 atom stereocenters. The van der Waals surface area contributed by atoms with Crippen LogP contribution in [0.2, 0.25) is 0 Å². The minimum Gasteiger partial charge on any atom is -0.347 e. The Hall–Kier alpha value is -3.47. The second kappa shape index (κ2) is 8.76. The standard InChI is InChI=1S/C22H21N3O2/c1-2-17-10-6-7-11-19(17)25-21(26)18-12-13-23-20(14-18)22(27)24-15-16-8-4-3-5-9-16/h3-14H,2,15H2,1H3,(H,24,27)(H,25,26). The van der Waals surface area contributed by atoms with Gasteiger partial charge in [0.05, 0.1) is 0 Å². The van der Waals surface area contributed by atoms with Gasteiger partial charge in [-0.2, -0.15) is 0 Å². The average molecular weight is 359 g/mol. The lowest BCUT2D eigenvalue weighted by molar-refractivity contribution is 0.0946. The maximum Gasteiger partial charge on any atom is 0.270 e. The van der Waals surface area contributed by atoms with Crippen LogP contribution in [0.25, 0.3) is 0 Å². The van der Waals surface area contributed by atoms with Crippen LogP contribution < -0.4 is 10.6 Å². The molecule has 0 radical (unpaired) electrons. The second-order valence-electron chi connectivity index (χ2n) is 6.06. The van der Waals surface area contributed by atoms with E-state index < -0.39 is 0 Å². The number of amides is 2. The van der Waals surface area contributed by atoms with Gasteiger partial charge in [-0.3, -0.25) is 14.6 Å².